The van der Waals surface area contributed by atoms with Crippen molar-refractivity contribution in [3.05, 3.63) is 71.3 Å². The van der Waals surface area contributed by atoms with E-state index < -0.39 is 5.97 Å². The predicted octanol–water partition coefficient (Wildman–Crippen LogP) is 3.51. The van der Waals surface area contributed by atoms with Crippen LogP contribution < -0.4 is 0 Å². The first kappa shape index (κ1) is 14.7. The Morgan fingerprint density at radius 3 is 2.25 bits per heavy atom. The van der Waals surface area contributed by atoms with Crippen LogP contribution in [0.1, 0.15) is 26.3 Å². The van der Waals surface area contributed by atoms with E-state index in [0.29, 0.717) is 23.3 Å². The highest BCUT2D eigenvalue weighted by atomic mass is 127. The molecule has 102 valence electrons. The molecule has 4 heteroatoms. The summed E-state index contributed by atoms with van der Waals surface area (Å²) in [6.07, 6.45) is 0. The number of alkyl halides is 1. The minimum absolute atomic E-state index is 0.103. The topological polar surface area (TPSA) is 43.4 Å². The normalized spacial score (nSPS) is 10.1. The minimum atomic E-state index is -0.399. The van der Waals surface area contributed by atoms with Gasteiger partial charge in [0.15, 0.2) is 5.78 Å². The van der Waals surface area contributed by atoms with Crippen LogP contribution in [-0.4, -0.2) is 22.8 Å². The van der Waals surface area contributed by atoms with Crippen LogP contribution in [0.5, 0.6) is 0 Å². The number of carbonyl (C=O) groups is 2. The molecule has 0 spiro atoms. The second-order valence-corrected chi connectivity index (χ2v) is 5.18. The highest BCUT2D eigenvalue weighted by molar-refractivity contribution is 14.1. The molecule has 2 aromatic carbocycles. The van der Waals surface area contributed by atoms with E-state index >= 15 is 0 Å². The molecule has 0 heterocycles. The third-order valence-corrected chi connectivity index (χ3v) is 3.15. The van der Waals surface area contributed by atoms with Gasteiger partial charge < -0.3 is 4.74 Å². The molecule has 0 saturated carbocycles. The molecule has 0 aromatic heterocycles. The van der Waals surface area contributed by atoms with E-state index in [1.165, 1.54) is 0 Å². The summed E-state index contributed by atoms with van der Waals surface area (Å²) < 4.78 is 5.80. The van der Waals surface area contributed by atoms with E-state index in [1.807, 2.05) is 18.2 Å². The smallest absolute Gasteiger partial charge is 0.338 e. The van der Waals surface area contributed by atoms with Crippen molar-refractivity contribution in [3.8, 4) is 0 Å². The van der Waals surface area contributed by atoms with Crippen LogP contribution in [0, 0.1) is 0 Å². The summed E-state index contributed by atoms with van der Waals surface area (Å²) in [5.74, 6) is -0.501. The molecular formula is C16H13IO3. The Balaban J connectivity index is 2.22. The van der Waals surface area contributed by atoms with Gasteiger partial charge in [0, 0.05) is 15.6 Å². The molecule has 2 rings (SSSR count). The molecule has 2 aromatic rings. The Bertz CT molecular complexity index is 608. The zero-order chi connectivity index (χ0) is 14.4. The second-order valence-electron chi connectivity index (χ2n) is 4.10. The lowest BCUT2D eigenvalue weighted by Crippen LogP contribution is -2.09. The monoisotopic (exact) mass is 380 g/mol. The summed E-state index contributed by atoms with van der Waals surface area (Å²) in [5, 5.41) is 0. The number of hydrogen-bond donors (Lipinski definition) is 0. The number of carbonyl (C=O) groups excluding carboxylic acids is 2. The van der Waals surface area contributed by atoms with Gasteiger partial charge in [0.05, 0.1) is 5.56 Å². The van der Waals surface area contributed by atoms with Crippen molar-refractivity contribution in [1.29, 1.82) is 0 Å². The number of hydrogen-bond acceptors (Lipinski definition) is 3. The third kappa shape index (κ3) is 3.66. The molecule has 0 atom stereocenters. The zero-order valence-electron chi connectivity index (χ0n) is 10.7. The summed E-state index contributed by atoms with van der Waals surface area (Å²) in [5.41, 5.74) is 1.49. The summed E-state index contributed by atoms with van der Waals surface area (Å²) in [6, 6.07) is 15.6. The van der Waals surface area contributed by atoms with Crippen LogP contribution in [0.3, 0.4) is 0 Å². The maximum Gasteiger partial charge on any atom is 0.338 e. The van der Waals surface area contributed by atoms with Gasteiger partial charge >= 0.3 is 5.97 Å². The lowest BCUT2D eigenvalue weighted by atomic mass is 10.0. The van der Waals surface area contributed by atoms with Gasteiger partial charge in [-0.25, -0.2) is 4.79 Å². The van der Waals surface area contributed by atoms with Crippen LogP contribution in [0.4, 0.5) is 0 Å². The molecule has 0 aliphatic heterocycles. The van der Waals surface area contributed by atoms with Gasteiger partial charge in [0.25, 0.3) is 0 Å². The highest BCUT2D eigenvalue weighted by Crippen LogP contribution is 2.12. The Kier molecular flexibility index (Phi) is 5.29. The van der Waals surface area contributed by atoms with Gasteiger partial charge in [-0.15, -0.1) is 0 Å². The van der Waals surface area contributed by atoms with Gasteiger partial charge in [0.1, 0.15) is 6.61 Å². The van der Waals surface area contributed by atoms with Crippen LogP contribution >= 0.6 is 22.6 Å². The summed E-state index contributed by atoms with van der Waals surface area (Å²) >= 11 is 2.13. The molecular weight excluding hydrogens is 367 g/mol. The summed E-state index contributed by atoms with van der Waals surface area (Å²) in [7, 11) is 0. The van der Waals surface area contributed by atoms with E-state index in [2.05, 4.69) is 22.6 Å². The molecule has 0 saturated heterocycles. The van der Waals surface area contributed by atoms with E-state index in [-0.39, 0.29) is 5.78 Å². The zero-order valence-corrected chi connectivity index (χ0v) is 12.9. The number of rotatable bonds is 5. The van der Waals surface area contributed by atoms with E-state index in [0.717, 1.165) is 4.43 Å². The lowest BCUT2D eigenvalue weighted by Gasteiger charge is -2.05. The van der Waals surface area contributed by atoms with Gasteiger partial charge in [-0.2, -0.15) is 0 Å². The minimum Gasteiger partial charge on any atom is -0.461 e. The van der Waals surface area contributed by atoms with Gasteiger partial charge in [-0.3, -0.25) is 4.79 Å². The van der Waals surface area contributed by atoms with E-state index in [9.17, 15) is 9.59 Å². The number of benzene rings is 2. The number of esters is 1. The van der Waals surface area contributed by atoms with Gasteiger partial charge in [0.2, 0.25) is 0 Å². The molecule has 0 aliphatic carbocycles. The Morgan fingerprint density at radius 1 is 0.900 bits per heavy atom. The Morgan fingerprint density at radius 2 is 1.55 bits per heavy atom. The molecule has 0 unspecified atom stereocenters. The fourth-order valence-electron chi connectivity index (χ4n) is 1.76. The Hall–Kier alpha value is -1.69. The van der Waals surface area contributed by atoms with Crippen LogP contribution in [-0.2, 0) is 4.74 Å². The maximum atomic E-state index is 12.3. The van der Waals surface area contributed by atoms with Crippen molar-refractivity contribution < 1.29 is 14.3 Å². The SMILES string of the molecule is O=C(OCCI)c1cccc(C(=O)c2ccccc2)c1. The number of halogens is 1. The molecule has 20 heavy (non-hydrogen) atoms. The van der Waals surface area contributed by atoms with Crippen LogP contribution in [0.15, 0.2) is 54.6 Å². The second kappa shape index (κ2) is 7.19. The average molecular weight is 380 g/mol. The summed E-state index contributed by atoms with van der Waals surface area (Å²) in [6.45, 7) is 0.371. The highest BCUT2D eigenvalue weighted by Gasteiger charge is 2.12. The van der Waals surface area contributed by atoms with E-state index in [1.54, 1.807) is 36.4 Å². The molecule has 0 bridgehead atoms. The molecule has 0 aliphatic rings. The van der Waals surface area contributed by atoms with Crippen molar-refractivity contribution in [2.24, 2.45) is 0 Å². The average Bonchev–Trinajstić information content (AvgIpc) is 2.52. The van der Waals surface area contributed by atoms with Crippen molar-refractivity contribution >= 4 is 34.3 Å². The quantitative estimate of drug-likeness (QED) is 0.345. The van der Waals surface area contributed by atoms with Crippen molar-refractivity contribution in [1.82, 2.24) is 0 Å². The fourth-order valence-corrected chi connectivity index (χ4v) is 1.98. The first-order valence-electron chi connectivity index (χ1n) is 6.15. The number of ether oxygens (including phenoxy) is 1. The molecule has 0 amide bonds. The van der Waals surface area contributed by atoms with Gasteiger partial charge in [-0.05, 0) is 12.1 Å². The largest absolute Gasteiger partial charge is 0.461 e. The molecule has 0 radical (unpaired) electrons. The Labute approximate surface area is 131 Å². The van der Waals surface area contributed by atoms with Crippen LogP contribution in [0.25, 0.3) is 0 Å². The van der Waals surface area contributed by atoms with Crippen LogP contribution in [0.2, 0.25) is 0 Å². The third-order valence-electron chi connectivity index (χ3n) is 2.71. The summed E-state index contributed by atoms with van der Waals surface area (Å²) in [4.78, 5) is 24.1. The maximum absolute atomic E-state index is 12.3. The first-order chi connectivity index (χ1) is 9.72. The van der Waals surface area contributed by atoms with Crippen molar-refractivity contribution in [3.63, 3.8) is 0 Å². The predicted molar refractivity (Wildman–Crippen MR) is 85.5 cm³/mol. The molecule has 0 N–H and O–H groups in total. The first-order valence-corrected chi connectivity index (χ1v) is 7.68. The fraction of sp³-hybridized carbons (Fsp3) is 0.125. The van der Waals surface area contributed by atoms with E-state index in [4.69, 9.17) is 4.74 Å². The van der Waals surface area contributed by atoms with Crippen molar-refractivity contribution in [2.45, 2.75) is 0 Å². The van der Waals surface area contributed by atoms with Crippen molar-refractivity contribution in [2.75, 3.05) is 11.0 Å². The van der Waals surface area contributed by atoms with Gasteiger partial charge in [-0.1, -0.05) is 65.1 Å². The molecule has 0 fully saturated rings. The standard InChI is InChI=1S/C16H13IO3/c17-9-10-20-16(19)14-8-4-7-13(11-14)15(18)12-5-2-1-3-6-12/h1-8,11H,9-10H2. The molecule has 3 nitrogen and oxygen atoms in total. The lowest BCUT2D eigenvalue weighted by molar-refractivity contribution is 0.0532. The number of ketones is 1.